The number of amides is 3. The van der Waals surface area contributed by atoms with Crippen LogP contribution in [0.3, 0.4) is 0 Å². The van der Waals surface area contributed by atoms with Crippen molar-refractivity contribution in [2.24, 2.45) is 11.8 Å². The van der Waals surface area contributed by atoms with Crippen LogP contribution in [0, 0.1) is 18.8 Å². The maximum Gasteiger partial charge on any atom is 0.245 e. The number of aryl methyl sites for hydroxylation is 1. The van der Waals surface area contributed by atoms with Gasteiger partial charge in [-0.1, -0.05) is 47.1 Å². The zero-order valence-electron chi connectivity index (χ0n) is 19.5. The molecule has 1 aromatic carbocycles. The van der Waals surface area contributed by atoms with Gasteiger partial charge in [-0.3, -0.25) is 24.2 Å². The Labute approximate surface area is 198 Å². The third-order valence-electron chi connectivity index (χ3n) is 7.11. The van der Waals surface area contributed by atoms with Crippen LogP contribution in [0.2, 0.25) is 0 Å². The number of allylic oxidation sites excluding steroid dienone is 2. The summed E-state index contributed by atoms with van der Waals surface area (Å²) in [7, 11) is 0. The summed E-state index contributed by atoms with van der Waals surface area (Å²) < 4.78 is 5.43. The lowest BCUT2D eigenvalue weighted by atomic mass is 9.85. The van der Waals surface area contributed by atoms with Crippen molar-refractivity contribution in [2.45, 2.75) is 39.3 Å². The molecule has 2 saturated heterocycles. The summed E-state index contributed by atoms with van der Waals surface area (Å²) in [6.45, 7) is 6.55. The normalized spacial score (nSPS) is 23.9. The number of likely N-dealkylation sites (tertiary alicyclic amines) is 1. The fraction of sp³-hybridized carbons (Fsp3) is 0.480. The second kappa shape index (κ2) is 9.13. The number of aromatic nitrogens is 2. The number of hydrogen-bond acceptors (Lipinski definition) is 7. The zero-order chi connectivity index (χ0) is 23.8. The van der Waals surface area contributed by atoms with E-state index in [0.29, 0.717) is 57.3 Å². The number of imide groups is 1. The van der Waals surface area contributed by atoms with Crippen LogP contribution in [0.1, 0.15) is 31.2 Å². The van der Waals surface area contributed by atoms with Gasteiger partial charge >= 0.3 is 0 Å². The number of piperazine rings is 1. The van der Waals surface area contributed by atoms with Crippen LogP contribution >= 0.6 is 0 Å². The quantitative estimate of drug-likeness (QED) is 0.494. The SMILES string of the molecule is Cc1ccc(-c2noc(CN3CCN(C(=O)[C@H](C)N4C(=O)[C@H]5CC=CC[C@@H]5C4=O)CC3)n2)cc1. The molecule has 5 rings (SSSR count). The first kappa shape index (κ1) is 22.5. The Kier molecular flexibility index (Phi) is 6.03. The minimum Gasteiger partial charge on any atom is -0.338 e. The van der Waals surface area contributed by atoms with Crippen molar-refractivity contribution < 1.29 is 18.9 Å². The van der Waals surface area contributed by atoms with E-state index in [9.17, 15) is 14.4 Å². The highest BCUT2D eigenvalue weighted by molar-refractivity contribution is 6.08. The molecule has 0 unspecified atom stereocenters. The molecular weight excluding hydrogens is 434 g/mol. The molecule has 3 aliphatic rings. The lowest BCUT2D eigenvalue weighted by Crippen LogP contribution is -2.55. The fourth-order valence-electron chi connectivity index (χ4n) is 5.04. The van der Waals surface area contributed by atoms with Crippen LogP contribution in [-0.4, -0.2) is 74.8 Å². The molecule has 2 aliphatic heterocycles. The largest absolute Gasteiger partial charge is 0.338 e. The van der Waals surface area contributed by atoms with Crippen molar-refractivity contribution in [1.29, 1.82) is 0 Å². The van der Waals surface area contributed by atoms with E-state index in [2.05, 4.69) is 15.0 Å². The third-order valence-corrected chi connectivity index (χ3v) is 7.11. The Morgan fingerprint density at radius 3 is 2.26 bits per heavy atom. The number of carbonyl (C=O) groups excluding carboxylic acids is 3. The number of fused-ring (bicyclic) bond motifs is 1. The van der Waals surface area contributed by atoms with E-state index in [-0.39, 0.29) is 29.6 Å². The molecule has 3 heterocycles. The van der Waals surface area contributed by atoms with Gasteiger partial charge in [0, 0.05) is 31.7 Å². The lowest BCUT2D eigenvalue weighted by molar-refractivity contribution is -0.151. The molecule has 0 radical (unpaired) electrons. The summed E-state index contributed by atoms with van der Waals surface area (Å²) in [5.74, 6) is -0.124. The van der Waals surface area contributed by atoms with Gasteiger partial charge in [0.25, 0.3) is 0 Å². The molecule has 0 bridgehead atoms. The maximum atomic E-state index is 13.1. The highest BCUT2D eigenvalue weighted by Gasteiger charge is 2.50. The van der Waals surface area contributed by atoms with Crippen molar-refractivity contribution in [2.75, 3.05) is 26.2 Å². The van der Waals surface area contributed by atoms with E-state index in [1.165, 1.54) is 10.5 Å². The summed E-state index contributed by atoms with van der Waals surface area (Å²) in [6, 6.07) is 7.19. The number of hydrogen-bond donors (Lipinski definition) is 0. The van der Waals surface area contributed by atoms with E-state index >= 15 is 0 Å². The van der Waals surface area contributed by atoms with Gasteiger partial charge in [0.2, 0.25) is 29.4 Å². The van der Waals surface area contributed by atoms with E-state index < -0.39 is 6.04 Å². The molecule has 178 valence electrons. The van der Waals surface area contributed by atoms with Crippen LogP contribution in [-0.2, 0) is 20.9 Å². The molecule has 9 heteroatoms. The molecule has 0 N–H and O–H groups in total. The first-order chi connectivity index (χ1) is 16.4. The second-order valence-electron chi connectivity index (χ2n) is 9.36. The van der Waals surface area contributed by atoms with Gasteiger partial charge in [0.05, 0.1) is 18.4 Å². The van der Waals surface area contributed by atoms with Gasteiger partial charge in [0.15, 0.2) is 0 Å². The Balaban J connectivity index is 1.15. The van der Waals surface area contributed by atoms with E-state index in [1.54, 1.807) is 11.8 Å². The van der Waals surface area contributed by atoms with Gasteiger partial charge in [-0.25, -0.2) is 0 Å². The van der Waals surface area contributed by atoms with E-state index in [4.69, 9.17) is 4.52 Å². The first-order valence-corrected chi connectivity index (χ1v) is 11.8. The van der Waals surface area contributed by atoms with Crippen LogP contribution < -0.4 is 0 Å². The molecule has 3 atom stereocenters. The summed E-state index contributed by atoms with van der Waals surface area (Å²) in [6.07, 6.45) is 5.06. The van der Waals surface area contributed by atoms with E-state index in [1.807, 2.05) is 43.3 Å². The van der Waals surface area contributed by atoms with Crippen molar-refractivity contribution in [3.8, 4) is 11.4 Å². The van der Waals surface area contributed by atoms with E-state index in [0.717, 1.165) is 5.56 Å². The zero-order valence-corrected chi connectivity index (χ0v) is 19.5. The van der Waals surface area contributed by atoms with Gasteiger partial charge in [-0.15, -0.1) is 0 Å². The molecule has 0 saturated carbocycles. The van der Waals surface area contributed by atoms with Gasteiger partial charge in [-0.2, -0.15) is 4.98 Å². The Hall–Kier alpha value is -3.33. The molecule has 1 aliphatic carbocycles. The highest BCUT2D eigenvalue weighted by atomic mass is 16.5. The summed E-state index contributed by atoms with van der Waals surface area (Å²) in [5.41, 5.74) is 2.08. The predicted molar refractivity (Wildman–Crippen MR) is 123 cm³/mol. The van der Waals surface area contributed by atoms with Crippen LogP contribution in [0.15, 0.2) is 40.9 Å². The van der Waals surface area contributed by atoms with Crippen molar-refractivity contribution in [3.05, 3.63) is 47.9 Å². The monoisotopic (exact) mass is 463 g/mol. The van der Waals surface area contributed by atoms with Crippen LogP contribution in [0.5, 0.6) is 0 Å². The van der Waals surface area contributed by atoms with Crippen LogP contribution in [0.4, 0.5) is 0 Å². The molecule has 3 amide bonds. The Morgan fingerprint density at radius 2 is 1.65 bits per heavy atom. The topological polar surface area (TPSA) is 99.9 Å². The Morgan fingerprint density at radius 1 is 1.03 bits per heavy atom. The van der Waals surface area contributed by atoms with Crippen molar-refractivity contribution >= 4 is 17.7 Å². The van der Waals surface area contributed by atoms with Crippen molar-refractivity contribution in [1.82, 2.24) is 24.8 Å². The maximum absolute atomic E-state index is 13.1. The minimum atomic E-state index is -0.773. The predicted octanol–water partition coefficient (Wildman–Crippen LogP) is 2.03. The fourth-order valence-corrected chi connectivity index (χ4v) is 5.04. The second-order valence-corrected chi connectivity index (χ2v) is 9.36. The minimum absolute atomic E-state index is 0.174. The summed E-state index contributed by atoms with van der Waals surface area (Å²) >= 11 is 0. The average Bonchev–Trinajstić information content (AvgIpc) is 3.42. The Bertz CT molecular complexity index is 1090. The number of nitrogens with zero attached hydrogens (tertiary/aromatic N) is 5. The highest BCUT2D eigenvalue weighted by Crippen LogP contribution is 2.36. The molecule has 0 spiro atoms. The number of benzene rings is 1. The van der Waals surface area contributed by atoms with Crippen LogP contribution in [0.25, 0.3) is 11.4 Å². The molecule has 2 fully saturated rings. The molecule has 1 aromatic heterocycles. The summed E-state index contributed by atoms with van der Waals surface area (Å²) in [5, 5.41) is 4.09. The lowest BCUT2D eigenvalue weighted by Gasteiger charge is -2.36. The standard InChI is InChI=1S/C25H29N5O4/c1-16-7-9-18(10-8-16)22-26-21(34-27-22)15-28-11-13-29(14-12-28)23(31)17(2)30-24(32)19-5-3-4-6-20(19)25(30)33/h3-4,7-10,17,19-20H,5-6,11-15H2,1-2H3/t17-,19-,20-/m0/s1. The number of carbonyl (C=O) groups is 3. The molecule has 2 aromatic rings. The first-order valence-electron chi connectivity index (χ1n) is 11.8. The van der Waals surface area contributed by atoms with Gasteiger partial charge in [-0.05, 0) is 26.7 Å². The third kappa shape index (κ3) is 4.16. The number of rotatable bonds is 5. The van der Waals surface area contributed by atoms with Gasteiger partial charge in [0.1, 0.15) is 6.04 Å². The van der Waals surface area contributed by atoms with Gasteiger partial charge < -0.3 is 9.42 Å². The molecule has 34 heavy (non-hydrogen) atoms. The average molecular weight is 464 g/mol. The molecule has 9 nitrogen and oxygen atoms in total. The molecular formula is C25H29N5O4. The summed E-state index contributed by atoms with van der Waals surface area (Å²) in [4.78, 5) is 48.4. The smallest absolute Gasteiger partial charge is 0.245 e. The van der Waals surface area contributed by atoms with Crippen molar-refractivity contribution in [3.63, 3.8) is 0 Å².